The predicted octanol–water partition coefficient (Wildman–Crippen LogP) is 5.49. The molecular formula is C69H76N14O11. The molecule has 0 saturated carbocycles. The summed E-state index contributed by atoms with van der Waals surface area (Å²) in [5.41, 5.74) is 10.6. The van der Waals surface area contributed by atoms with Crippen LogP contribution >= 0.6 is 0 Å². The lowest BCUT2D eigenvalue weighted by Crippen LogP contribution is -2.49. The van der Waals surface area contributed by atoms with Crippen LogP contribution in [0.4, 0.5) is 11.6 Å². The standard InChI is InChI=1S/C34H37N7O6.C34H35N7O5.CH4/c1-20-10-22(11-24-19-38-41-29(20)24)13-27(32(43)44)39-31(42)25-14-23-15-34(16-28(23)36-18-25)26-12-21(17-37-30(26)40-33(34)45)4-3-6-46-8-9-47-7-5-35-2;1-20-10-22(11-24-19-37-40-29(20)24)13-27-32(43)41(2)5-7-46-9-8-45-6-3-4-21-12-26-30(36-17-21)39-33(44)34(26)15-23-14-25(31(42)38-27)18-35-28(23)16-34;/h3-4,10-12,14,17-19,27,35H,5-9,13,15-16H2,1-2H3,(H,38,41)(H,39,42)(H,43,44)(H,37,40,45);3-4,10-12,14,17-19,27H,5-9,13,15-16H2,1-2H3,(H,37,40)(H,38,42)(H,36,39,44);1H4/b2*4-3+;/t2*27-,34+;/m11./s1. The Morgan fingerprint density at radius 1 is 0.745 bits per heavy atom. The van der Waals surface area contributed by atoms with Crippen molar-refractivity contribution in [3.8, 4) is 0 Å². The summed E-state index contributed by atoms with van der Waals surface area (Å²) in [6, 6.07) is 13.2. The summed E-state index contributed by atoms with van der Waals surface area (Å²) in [6.07, 6.45) is 19.3. The fraction of sp³-hybridized carbons (Fsp3) is 0.362. The van der Waals surface area contributed by atoms with Crippen LogP contribution in [-0.4, -0.2) is 178 Å². The van der Waals surface area contributed by atoms with Gasteiger partial charge in [0, 0.05) is 104 Å². The van der Waals surface area contributed by atoms with E-state index in [-0.39, 0.29) is 43.6 Å². The van der Waals surface area contributed by atoms with Gasteiger partial charge in [0.2, 0.25) is 17.7 Å². The molecule has 6 aromatic heterocycles. The van der Waals surface area contributed by atoms with Crippen molar-refractivity contribution in [2.75, 3.05) is 90.7 Å². The number of nitrogens with zero attached hydrogens (tertiary/aromatic N) is 7. The van der Waals surface area contributed by atoms with E-state index in [1.165, 1.54) is 12.4 Å². The third-order valence-electron chi connectivity index (χ3n) is 17.7. The first kappa shape index (κ1) is 65.6. The number of hydrogen-bond donors (Lipinski definition) is 8. The SMILES string of the molecule is C.CNCCOCCOC/C=C/c1cnc2c(c1)[C@@]1(Cc3cc(C(=O)N[C@H](Cc4cc(C)c5[nH]ncc5c4)C(=O)O)cnc3C1)C(=O)N2.Cc1cc(C[C@H]2NC(=O)c3cnc4c(c3)C[C@@]3(C4)C(=O)Nc4ncc(cc43)/C=C/COCCOCCN(C)C2=O)cc2cn[nH]c12. The first-order valence-corrected chi connectivity index (χ1v) is 30.9. The normalized spacial score (nSPS) is 19.8. The molecule has 25 nitrogen and oxygen atoms in total. The zero-order chi connectivity index (χ0) is 64.8. The number of fused-ring (bicyclic) bond motifs is 7. The Morgan fingerprint density at radius 2 is 1.39 bits per heavy atom. The van der Waals surface area contributed by atoms with Crippen molar-refractivity contribution in [2.24, 2.45) is 0 Å². The molecule has 5 aliphatic rings. The Kier molecular flexibility index (Phi) is 19.9. The molecule has 9 heterocycles. The number of H-pyrrole nitrogens is 2. The number of aryl methyl sites for hydroxylation is 2. The van der Waals surface area contributed by atoms with Gasteiger partial charge in [-0.05, 0) is 115 Å². The van der Waals surface area contributed by atoms with Crippen LogP contribution in [-0.2, 0) is 87.5 Å². The maximum atomic E-state index is 13.8. The molecule has 0 saturated heterocycles. The van der Waals surface area contributed by atoms with Gasteiger partial charge in [-0.15, -0.1) is 0 Å². The van der Waals surface area contributed by atoms with Crippen LogP contribution in [0.25, 0.3) is 34.0 Å². The predicted molar refractivity (Wildman–Crippen MR) is 351 cm³/mol. The number of carboxylic acid groups (broad SMARTS) is 1. The molecule has 8 aromatic rings. The van der Waals surface area contributed by atoms with Gasteiger partial charge in [0.05, 0.1) is 98.2 Å². The number of aromatic nitrogens is 8. The molecular weight excluding hydrogens is 1200 g/mol. The number of nitrogens with one attached hydrogen (secondary N) is 7. The molecule has 3 aliphatic heterocycles. The maximum absolute atomic E-state index is 13.8. The molecule has 0 radical (unpaired) electrons. The Bertz CT molecular complexity index is 4280. The zero-order valence-corrected chi connectivity index (χ0v) is 52.0. The Labute approximate surface area is 542 Å². The van der Waals surface area contributed by atoms with Crippen molar-refractivity contribution < 1.29 is 52.8 Å². The van der Waals surface area contributed by atoms with E-state index in [9.17, 15) is 33.9 Å². The fourth-order valence-corrected chi connectivity index (χ4v) is 12.8. The summed E-state index contributed by atoms with van der Waals surface area (Å²) in [4.78, 5) is 99.5. The number of pyridine rings is 4. The van der Waals surface area contributed by atoms with E-state index in [0.717, 1.165) is 95.4 Å². The van der Waals surface area contributed by atoms with E-state index in [2.05, 4.69) is 66.9 Å². The highest BCUT2D eigenvalue weighted by atomic mass is 16.5. The number of likely N-dealkylation sites (N-methyl/N-ethyl adjacent to an activating group) is 2. The van der Waals surface area contributed by atoms with E-state index >= 15 is 0 Å². The number of carbonyl (C=O) groups is 6. The number of carbonyl (C=O) groups excluding carboxylic acids is 5. The summed E-state index contributed by atoms with van der Waals surface area (Å²) in [5, 5.41) is 40.4. The quantitative estimate of drug-likeness (QED) is 0.0555. The lowest BCUT2D eigenvalue weighted by Gasteiger charge is -2.25. The van der Waals surface area contributed by atoms with Gasteiger partial charge < -0.3 is 55.5 Å². The first-order valence-electron chi connectivity index (χ1n) is 30.9. The third kappa shape index (κ3) is 13.9. The Morgan fingerprint density at radius 3 is 2.11 bits per heavy atom. The highest BCUT2D eigenvalue weighted by molar-refractivity contribution is 6.08. The number of hydrogen-bond acceptors (Lipinski definition) is 17. The molecule has 5 bridgehead atoms. The van der Waals surface area contributed by atoms with Gasteiger partial charge in [-0.25, -0.2) is 14.8 Å². The van der Waals surface area contributed by atoms with Crippen LogP contribution in [0.5, 0.6) is 0 Å². The van der Waals surface area contributed by atoms with Crippen LogP contribution in [0, 0.1) is 13.8 Å². The minimum absolute atomic E-state index is 0. The first-order chi connectivity index (χ1) is 45.1. The average Bonchev–Trinajstić information content (AvgIpc) is 1.58. The third-order valence-corrected chi connectivity index (χ3v) is 17.7. The van der Waals surface area contributed by atoms with Gasteiger partial charge in [0.1, 0.15) is 23.7 Å². The van der Waals surface area contributed by atoms with Crippen molar-refractivity contribution in [1.29, 1.82) is 0 Å². The van der Waals surface area contributed by atoms with Crippen LogP contribution in [0.1, 0.15) is 95.2 Å². The topological polar surface area (TPSA) is 332 Å². The molecule has 2 aromatic carbocycles. The van der Waals surface area contributed by atoms with Crippen molar-refractivity contribution in [2.45, 2.75) is 82.7 Å². The average molecular weight is 1280 g/mol. The maximum Gasteiger partial charge on any atom is 0.326 e. The second kappa shape index (κ2) is 28.5. The number of benzene rings is 2. The number of aromatic amines is 2. The molecule has 94 heavy (non-hydrogen) atoms. The van der Waals surface area contributed by atoms with Gasteiger partial charge in [0.15, 0.2) is 0 Å². The molecule has 4 atom stereocenters. The number of amides is 5. The summed E-state index contributed by atoms with van der Waals surface area (Å²) in [7, 11) is 3.58. The van der Waals surface area contributed by atoms with Gasteiger partial charge in [0.25, 0.3) is 11.8 Å². The number of ether oxygens (including phenoxy) is 4. The minimum atomic E-state index is -1.15. The van der Waals surface area contributed by atoms with Gasteiger partial charge >= 0.3 is 5.97 Å². The Hall–Kier alpha value is -9.92. The van der Waals surface area contributed by atoms with Crippen LogP contribution in [0.15, 0.2) is 97.9 Å². The lowest BCUT2D eigenvalue weighted by molar-refractivity contribution is -0.139. The largest absolute Gasteiger partial charge is 0.480 e. The molecule has 13 rings (SSSR count). The van der Waals surface area contributed by atoms with Crippen LogP contribution in [0.3, 0.4) is 0 Å². The van der Waals surface area contributed by atoms with E-state index in [1.54, 1.807) is 48.9 Å². The van der Waals surface area contributed by atoms with E-state index in [4.69, 9.17) is 18.9 Å². The van der Waals surface area contributed by atoms with Gasteiger partial charge in [-0.3, -0.25) is 44.1 Å². The van der Waals surface area contributed by atoms with Crippen LogP contribution < -0.4 is 26.6 Å². The molecule has 2 aliphatic carbocycles. The second-order valence-corrected chi connectivity index (χ2v) is 24.1. The monoisotopic (exact) mass is 1280 g/mol. The summed E-state index contributed by atoms with van der Waals surface area (Å²) < 4.78 is 22.5. The number of aliphatic carboxylic acids is 1. The lowest BCUT2D eigenvalue weighted by atomic mass is 9.79. The Balaban J connectivity index is 0.000000190. The molecule has 5 amide bonds. The smallest absolute Gasteiger partial charge is 0.326 e. The summed E-state index contributed by atoms with van der Waals surface area (Å²) in [5.74, 6) is -1.57. The van der Waals surface area contributed by atoms with Crippen molar-refractivity contribution >= 4 is 81.1 Å². The number of carboxylic acids is 1. The zero-order valence-electron chi connectivity index (χ0n) is 52.0. The van der Waals surface area contributed by atoms with E-state index in [0.29, 0.717) is 102 Å². The molecule has 25 heteroatoms. The molecule has 8 N–H and O–H groups in total. The van der Waals surface area contributed by atoms with Crippen molar-refractivity contribution in [1.82, 2.24) is 61.2 Å². The number of anilines is 2. The van der Waals surface area contributed by atoms with Crippen molar-refractivity contribution in [3.05, 3.63) is 176 Å². The second-order valence-electron chi connectivity index (χ2n) is 24.1. The highest BCUT2D eigenvalue weighted by Crippen LogP contribution is 2.48. The fourth-order valence-electron chi connectivity index (χ4n) is 12.8. The van der Waals surface area contributed by atoms with Crippen molar-refractivity contribution in [3.63, 3.8) is 0 Å². The molecule has 488 valence electrons. The van der Waals surface area contributed by atoms with Gasteiger partial charge in [-0.1, -0.05) is 43.9 Å². The minimum Gasteiger partial charge on any atom is -0.480 e. The van der Waals surface area contributed by atoms with Gasteiger partial charge in [-0.2, -0.15) is 10.2 Å². The molecule has 0 unspecified atom stereocenters. The summed E-state index contributed by atoms with van der Waals surface area (Å²) >= 11 is 0. The van der Waals surface area contributed by atoms with Crippen LogP contribution in [0.2, 0.25) is 0 Å². The number of rotatable bonds is 16. The van der Waals surface area contributed by atoms with E-state index in [1.807, 2.05) is 81.6 Å². The van der Waals surface area contributed by atoms with E-state index < -0.39 is 40.7 Å². The molecule has 2 spiro atoms. The summed E-state index contributed by atoms with van der Waals surface area (Å²) in [6.45, 7) is 8.59. The molecule has 0 fully saturated rings. The highest BCUT2D eigenvalue weighted by Gasteiger charge is 2.53.